The van der Waals surface area contributed by atoms with Crippen LogP contribution < -0.4 is 0 Å². The molecule has 1 fully saturated rings. The predicted molar refractivity (Wildman–Crippen MR) is 100.0 cm³/mol. The van der Waals surface area contributed by atoms with E-state index in [2.05, 4.69) is 22.2 Å². The van der Waals surface area contributed by atoms with E-state index in [1.165, 1.54) is 24.6 Å². The molecule has 3 aromatic heterocycles. The van der Waals surface area contributed by atoms with Gasteiger partial charge in [-0.2, -0.15) is 0 Å². The summed E-state index contributed by atoms with van der Waals surface area (Å²) >= 11 is 3.22. The summed E-state index contributed by atoms with van der Waals surface area (Å²) < 4.78 is 2.02. The van der Waals surface area contributed by atoms with Crippen LogP contribution in [0.25, 0.3) is 11.2 Å². The normalized spacial score (nSPS) is 15.2. The molecule has 0 atom stereocenters. The maximum absolute atomic E-state index is 4.78. The molecule has 4 rings (SSSR count). The Morgan fingerprint density at radius 3 is 2.84 bits per heavy atom. The molecule has 3 aromatic rings. The van der Waals surface area contributed by atoms with Gasteiger partial charge in [-0.15, -0.1) is 5.10 Å². The van der Waals surface area contributed by atoms with E-state index in [1.54, 1.807) is 18.0 Å². The highest BCUT2D eigenvalue weighted by Crippen LogP contribution is 2.35. The Balaban J connectivity index is 1.76. The van der Waals surface area contributed by atoms with E-state index in [9.17, 15) is 0 Å². The van der Waals surface area contributed by atoms with Crippen LogP contribution in [0.1, 0.15) is 45.1 Å². The first-order valence-electron chi connectivity index (χ1n) is 8.69. The Bertz CT molecular complexity index is 845. The van der Waals surface area contributed by atoms with E-state index < -0.39 is 0 Å². The lowest BCUT2D eigenvalue weighted by Crippen LogP contribution is -2.08. The Morgan fingerprint density at radius 2 is 2.08 bits per heavy atom. The highest BCUT2D eigenvalue weighted by Gasteiger charge is 2.23. The molecule has 0 unspecified atom stereocenters. The Morgan fingerprint density at radius 1 is 1.20 bits per heavy atom. The molecule has 0 spiro atoms. The molecule has 0 N–H and O–H groups in total. The van der Waals surface area contributed by atoms with Crippen molar-refractivity contribution in [2.45, 2.75) is 60.3 Å². The molecule has 1 saturated carbocycles. The third kappa shape index (κ3) is 3.64. The van der Waals surface area contributed by atoms with Gasteiger partial charge in [-0.25, -0.2) is 19.6 Å². The van der Waals surface area contributed by atoms with Crippen molar-refractivity contribution >= 4 is 34.7 Å². The van der Waals surface area contributed by atoms with Gasteiger partial charge < -0.3 is 0 Å². The standard InChI is InChI=1S/C17H20N6S2/c1-2-11-24-17-19-15-14(21-22-23(15)12-7-3-4-8-12)16(20-17)25-13-9-5-6-10-18-13/h5-6,9-10,12H,2-4,7-8,11H2,1H3. The summed E-state index contributed by atoms with van der Waals surface area (Å²) in [6.45, 7) is 2.17. The summed E-state index contributed by atoms with van der Waals surface area (Å²) in [5, 5.41) is 11.4. The van der Waals surface area contributed by atoms with Gasteiger partial charge in [0.2, 0.25) is 0 Å². The number of hydrogen-bond acceptors (Lipinski definition) is 7. The van der Waals surface area contributed by atoms with Crippen LogP contribution >= 0.6 is 23.5 Å². The summed E-state index contributed by atoms with van der Waals surface area (Å²) in [6.07, 6.45) is 7.71. The zero-order chi connectivity index (χ0) is 17.1. The van der Waals surface area contributed by atoms with Crippen molar-refractivity contribution in [2.24, 2.45) is 0 Å². The lowest BCUT2D eigenvalue weighted by atomic mass is 10.2. The van der Waals surface area contributed by atoms with E-state index in [-0.39, 0.29) is 0 Å². The second-order valence-corrected chi connectivity index (χ2v) is 8.15. The molecule has 8 heteroatoms. The molecule has 0 radical (unpaired) electrons. The number of rotatable bonds is 6. The minimum atomic E-state index is 0.414. The molecule has 130 valence electrons. The number of pyridine rings is 1. The van der Waals surface area contributed by atoms with Crippen LogP contribution in [0.5, 0.6) is 0 Å². The highest BCUT2D eigenvalue weighted by molar-refractivity contribution is 7.99. The molecule has 6 nitrogen and oxygen atoms in total. The van der Waals surface area contributed by atoms with E-state index >= 15 is 0 Å². The van der Waals surface area contributed by atoms with Crippen molar-refractivity contribution in [1.82, 2.24) is 29.9 Å². The van der Waals surface area contributed by atoms with Crippen LogP contribution in [0.4, 0.5) is 0 Å². The minimum absolute atomic E-state index is 0.414. The quantitative estimate of drug-likeness (QED) is 0.361. The molecule has 0 aliphatic heterocycles. The molecule has 0 bridgehead atoms. The molecular weight excluding hydrogens is 352 g/mol. The zero-order valence-corrected chi connectivity index (χ0v) is 15.8. The van der Waals surface area contributed by atoms with Gasteiger partial charge in [0.25, 0.3) is 0 Å². The van der Waals surface area contributed by atoms with Gasteiger partial charge in [-0.3, -0.25) is 0 Å². The van der Waals surface area contributed by atoms with Crippen molar-refractivity contribution in [3.63, 3.8) is 0 Å². The van der Waals surface area contributed by atoms with Crippen LogP contribution in [0, 0.1) is 0 Å². The third-order valence-corrected chi connectivity index (χ3v) is 6.20. The van der Waals surface area contributed by atoms with Crippen molar-refractivity contribution in [1.29, 1.82) is 0 Å². The summed E-state index contributed by atoms with van der Waals surface area (Å²) in [5.41, 5.74) is 1.64. The smallest absolute Gasteiger partial charge is 0.190 e. The molecule has 0 amide bonds. The molecule has 25 heavy (non-hydrogen) atoms. The highest BCUT2D eigenvalue weighted by atomic mass is 32.2. The Labute approximate surface area is 155 Å². The lowest BCUT2D eigenvalue weighted by molar-refractivity contribution is 0.463. The zero-order valence-electron chi connectivity index (χ0n) is 14.1. The summed E-state index contributed by atoms with van der Waals surface area (Å²) in [6, 6.07) is 6.30. The van der Waals surface area contributed by atoms with Gasteiger partial charge in [-0.05, 0) is 43.2 Å². The van der Waals surface area contributed by atoms with Crippen molar-refractivity contribution in [3.8, 4) is 0 Å². The number of fused-ring (bicyclic) bond motifs is 1. The molecule has 0 aromatic carbocycles. The van der Waals surface area contributed by atoms with Crippen LogP contribution in [-0.2, 0) is 0 Å². The number of hydrogen-bond donors (Lipinski definition) is 0. The number of aromatic nitrogens is 6. The monoisotopic (exact) mass is 372 g/mol. The van der Waals surface area contributed by atoms with Gasteiger partial charge >= 0.3 is 0 Å². The molecule has 0 saturated heterocycles. The van der Waals surface area contributed by atoms with Gasteiger partial charge in [0.1, 0.15) is 10.1 Å². The molecule has 1 aliphatic carbocycles. The molecule has 1 aliphatic rings. The maximum atomic E-state index is 4.78. The third-order valence-electron chi connectivity index (χ3n) is 4.22. The predicted octanol–water partition coefficient (Wildman–Crippen LogP) is 4.38. The van der Waals surface area contributed by atoms with Crippen LogP contribution in [0.15, 0.2) is 39.6 Å². The summed E-state index contributed by atoms with van der Waals surface area (Å²) in [7, 11) is 0. The Kier molecular flexibility index (Phi) is 5.17. The fourth-order valence-electron chi connectivity index (χ4n) is 3.02. The van der Waals surface area contributed by atoms with Gasteiger partial charge in [0.05, 0.1) is 6.04 Å². The van der Waals surface area contributed by atoms with E-state index in [0.29, 0.717) is 6.04 Å². The first-order chi connectivity index (χ1) is 12.3. The van der Waals surface area contributed by atoms with E-state index in [0.717, 1.165) is 51.4 Å². The van der Waals surface area contributed by atoms with Gasteiger partial charge in [0.15, 0.2) is 16.3 Å². The minimum Gasteiger partial charge on any atom is -0.250 e. The molecule has 3 heterocycles. The van der Waals surface area contributed by atoms with E-state index in [4.69, 9.17) is 9.97 Å². The summed E-state index contributed by atoms with van der Waals surface area (Å²) in [5.74, 6) is 1.00. The van der Waals surface area contributed by atoms with E-state index in [1.807, 2.05) is 22.9 Å². The second kappa shape index (κ2) is 7.70. The first-order valence-corrected chi connectivity index (χ1v) is 10.5. The number of thioether (sulfide) groups is 1. The Hall–Kier alpha value is -1.67. The van der Waals surface area contributed by atoms with Gasteiger partial charge in [0, 0.05) is 11.9 Å². The topological polar surface area (TPSA) is 69.4 Å². The van der Waals surface area contributed by atoms with Crippen LogP contribution in [0.3, 0.4) is 0 Å². The van der Waals surface area contributed by atoms with Crippen molar-refractivity contribution in [3.05, 3.63) is 24.4 Å². The average molecular weight is 373 g/mol. The maximum Gasteiger partial charge on any atom is 0.190 e. The molecular formula is C17H20N6S2. The number of nitrogens with zero attached hydrogens (tertiary/aromatic N) is 6. The fourth-order valence-corrected chi connectivity index (χ4v) is 4.59. The SMILES string of the molecule is CCCSc1nc(Sc2ccccn2)c2nnn(C3CCCC3)c2n1. The van der Waals surface area contributed by atoms with Crippen LogP contribution in [0.2, 0.25) is 0 Å². The van der Waals surface area contributed by atoms with Crippen LogP contribution in [-0.4, -0.2) is 35.7 Å². The second-order valence-electron chi connectivity index (χ2n) is 6.07. The van der Waals surface area contributed by atoms with Gasteiger partial charge in [-0.1, -0.05) is 42.8 Å². The first kappa shape index (κ1) is 16.8. The lowest BCUT2D eigenvalue weighted by Gasteiger charge is -2.10. The fraction of sp³-hybridized carbons (Fsp3) is 0.471. The largest absolute Gasteiger partial charge is 0.250 e. The van der Waals surface area contributed by atoms with Crippen molar-refractivity contribution < 1.29 is 0 Å². The van der Waals surface area contributed by atoms with Crippen molar-refractivity contribution in [2.75, 3.05) is 5.75 Å². The summed E-state index contributed by atoms with van der Waals surface area (Å²) in [4.78, 5) is 13.9. The average Bonchev–Trinajstić information content (AvgIpc) is 3.30.